The van der Waals surface area contributed by atoms with Gasteiger partial charge in [0.1, 0.15) is 0 Å². The summed E-state index contributed by atoms with van der Waals surface area (Å²) in [5, 5.41) is 10.4. The van der Waals surface area contributed by atoms with Crippen molar-refractivity contribution in [2.75, 3.05) is 0 Å². The molecule has 1 N–H and O–H groups in total. The van der Waals surface area contributed by atoms with Crippen molar-refractivity contribution in [1.29, 1.82) is 0 Å². The maximum absolute atomic E-state index is 11.3. The number of carbonyl (C=O) groups excluding carboxylic acids is 1. The molecular weight excluding hydrogens is 154 g/mol. The van der Waals surface area contributed by atoms with Gasteiger partial charge in [0.2, 0.25) is 5.91 Å². The maximum Gasteiger partial charge on any atom is 0.248 e. The first-order valence-electron chi connectivity index (χ1n) is 4.65. The normalized spacial score (nSPS) is 18.7. The second-order valence-electron chi connectivity index (χ2n) is 3.78. The Labute approximate surface area is 73.3 Å². The Morgan fingerprint density at radius 2 is 1.92 bits per heavy atom. The predicted molar refractivity (Wildman–Crippen MR) is 45.7 cm³/mol. The highest BCUT2D eigenvalue weighted by atomic mass is 16.5. The summed E-state index contributed by atoms with van der Waals surface area (Å²) in [7, 11) is 0. The van der Waals surface area contributed by atoms with Crippen LogP contribution in [0, 0.1) is 5.92 Å². The molecule has 3 heteroatoms. The molecule has 0 heterocycles. The van der Waals surface area contributed by atoms with E-state index in [1.54, 1.807) is 13.8 Å². The van der Waals surface area contributed by atoms with Crippen LogP contribution in [0.25, 0.3) is 0 Å². The number of hydrogen-bond donors (Lipinski definition) is 1. The molecule has 0 saturated heterocycles. The Morgan fingerprint density at radius 1 is 1.42 bits per heavy atom. The SMILES string of the molecule is CC(C)C(=O)N(O)C1CCCC1. The number of hydrogen-bond acceptors (Lipinski definition) is 2. The first-order chi connectivity index (χ1) is 5.63. The van der Waals surface area contributed by atoms with E-state index in [1.807, 2.05) is 0 Å². The number of amides is 1. The Bertz CT molecular complexity index is 162. The highest BCUT2D eigenvalue weighted by Gasteiger charge is 2.26. The van der Waals surface area contributed by atoms with Gasteiger partial charge in [-0.3, -0.25) is 10.0 Å². The van der Waals surface area contributed by atoms with Crippen LogP contribution in [0.3, 0.4) is 0 Å². The third-order valence-electron chi connectivity index (χ3n) is 2.39. The van der Waals surface area contributed by atoms with Crippen LogP contribution in [0.1, 0.15) is 39.5 Å². The minimum atomic E-state index is -0.151. The van der Waals surface area contributed by atoms with E-state index < -0.39 is 0 Å². The second kappa shape index (κ2) is 3.90. The molecule has 3 nitrogen and oxygen atoms in total. The standard InChI is InChI=1S/C9H17NO2/c1-7(2)9(11)10(12)8-5-3-4-6-8/h7-8,12H,3-6H2,1-2H3. The van der Waals surface area contributed by atoms with Crippen molar-refractivity contribution in [2.45, 2.75) is 45.6 Å². The van der Waals surface area contributed by atoms with Crippen LogP contribution in [0.2, 0.25) is 0 Å². The van der Waals surface area contributed by atoms with Gasteiger partial charge in [0.25, 0.3) is 0 Å². The van der Waals surface area contributed by atoms with Crippen LogP contribution in [-0.4, -0.2) is 22.2 Å². The topological polar surface area (TPSA) is 40.5 Å². The summed E-state index contributed by atoms with van der Waals surface area (Å²) in [4.78, 5) is 11.3. The molecule has 12 heavy (non-hydrogen) atoms. The molecule has 0 aromatic heterocycles. The number of rotatable bonds is 2. The average molecular weight is 171 g/mol. The smallest absolute Gasteiger partial charge is 0.248 e. The van der Waals surface area contributed by atoms with Gasteiger partial charge in [-0.25, -0.2) is 5.06 Å². The lowest BCUT2D eigenvalue weighted by Gasteiger charge is -2.23. The molecule has 0 atom stereocenters. The summed E-state index contributed by atoms with van der Waals surface area (Å²) in [6, 6.07) is 0.0832. The van der Waals surface area contributed by atoms with E-state index in [-0.39, 0.29) is 17.9 Å². The highest BCUT2D eigenvalue weighted by molar-refractivity contribution is 5.77. The van der Waals surface area contributed by atoms with Crippen LogP contribution in [0.15, 0.2) is 0 Å². The molecule has 70 valence electrons. The first kappa shape index (κ1) is 9.52. The van der Waals surface area contributed by atoms with Gasteiger partial charge in [-0.2, -0.15) is 0 Å². The van der Waals surface area contributed by atoms with Gasteiger partial charge in [0, 0.05) is 5.92 Å². The van der Waals surface area contributed by atoms with E-state index in [1.165, 1.54) is 0 Å². The summed E-state index contributed by atoms with van der Waals surface area (Å²) in [6.45, 7) is 3.61. The molecular formula is C9H17NO2. The molecule has 1 amide bonds. The fourth-order valence-corrected chi connectivity index (χ4v) is 1.59. The van der Waals surface area contributed by atoms with Gasteiger partial charge in [-0.15, -0.1) is 0 Å². The van der Waals surface area contributed by atoms with Crippen molar-refractivity contribution < 1.29 is 10.0 Å². The molecule has 0 aliphatic heterocycles. The summed E-state index contributed by atoms with van der Waals surface area (Å²) >= 11 is 0. The molecule has 0 unspecified atom stereocenters. The quantitative estimate of drug-likeness (QED) is 0.508. The lowest BCUT2D eigenvalue weighted by atomic mass is 10.1. The monoisotopic (exact) mass is 171 g/mol. The lowest BCUT2D eigenvalue weighted by molar-refractivity contribution is -0.178. The third kappa shape index (κ3) is 1.97. The largest absolute Gasteiger partial charge is 0.286 e. The number of hydroxylamine groups is 2. The van der Waals surface area contributed by atoms with Crippen LogP contribution >= 0.6 is 0 Å². The molecule has 1 aliphatic rings. The number of nitrogens with zero attached hydrogens (tertiary/aromatic N) is 1. The van der Waals surface area contributed by atoms with Crippen LogP contribution < -0.4 is 0 Å². The van der Waals surface area contributed by atoms with Crippen LogP contribution in [0.5, 0.6) is 0 Å². The predicted octanol–water partition coefficient (Wildman–Crippen LogP) is 1.80. The average Bonchev–Trinajstić information content (AvgIpc) is 2.53. The zero-order chi connectivity index (χ0) is 9.14. The Kier molecular flexibility index (Phi) is 3.09. The molecule has 0 spiro atoms. The van der Waals surface area contributed by atoms with Crippen molar-refractivity contribution in [2.24, 2.45) is 5.92 Å². The van der Waals surface area contributed by atoms with Crippen molar-refractivity contribution >= 4 is 5.91 Å². The van der Waals surface area contributed by atoms with Crippen molar-refractivity contribution in [3.05, 3.63) is 0 Å². The fraction of sp³-hybridized carbons (Fsp3) is 0.889. The van der Waals surface area contributed by atoms with E-state index in [0.717, 1.165) is 30.7 Å². The number of carbonyl (C=O) groups is 1. The zero-order valence-corrected chi connectivity index (χ0v) is 7.79. The summed E-state index contributed by atoms with van der Waals surface area (Å²) in [5.41, 5.74) is 0. The zero-order valence-electron chi connectivity index (χ0n) is 7.79. The van der Waals surface area contributed by atoms with Gasteiger partial charge in [-0.05, 0) is 12.8 Å². The molecule has 1 aliphatic carbocycles. The molecule has 1 rings (SSSR count). The maximum atomic E-state index is 11.3. The molecule has 1 saturated carbocycles. The van der Waals surface area contributed by atoms with Gasteiger partial charge >= 0.3 is 0 Å². The molecule has 1 fully saturated rings. The minimum Gasteiger partial charge on any atom is -0.286 e. The molecule has 0 bridgehead atoms. The van der Waals surface area contributed by atoms with E-state index in [0.29, 0.717) is 0 Å². The highest BCUT2D eigenvalue weighted by Crippen LogP contribution is 2.23. The van der Waals surface area contributed by atoms with Crippen molar-refractivity contribution in [3.63, 3.8) is 0 Å². The van der Waals surface area contributed by atoms with E-state index in [4.69, 9.17) is 0 Å². The van der Waals surface area contributed by atoms with Crippen molar-refractivity contribution in [3.8, 4) is 0 Å². The lowest BCUT2D eigenvalue weighted by Crippen LogP contribution is -2.38. The van der Waals surface area contributed by atoms with Crippen LogP contribution in [0.4, 0.5) is 0 Å². The van der Waals surface area contributed by atoms with E-state index in [2.05, 4.69) is 0 Å². The van der Waals surface area contributed by atoms with Gasteiger partial charge < -0.3 is 0 Å². The Balaban J connectivity index is 2.45. The minimum absolute atomic E-state index is 0.0832. The van der Waals surface area contributed by atoms with E-state index in [9.17, 15) is 10.0 Å². The Hall–Kier alpha value is -0.570. The van der Waals surface area contributed by atoms with Crippen LogP contribution in [-0.2, 0) is 4.79 Å². The Morgan fingerprint density at radius 3 is 2.33 bits per heavy atom. The molecule has 0 aromatic carbocycles. The van der Waals surface area contributed by atoms with E-state index >= 15 is 0 Å². The molecule has 0 radical (unpaired) electrons. The summed E-state index contributed by atoms with van der Waals surface area (Å²) in [6.07, 6.45) is 4.17. The van der Waals surface area contributed by atoms with Crippen molar-refractivity contribution in [1.82, 2.24) is 5.06 Å². The third-order valence-corrected chi connectivity index (χ3v) is 2.39. The fourth-order valence-electron chi connectivity index (χ4n) is 1.59. The second-order valence-corrected chi connectivity index (χ2v) is 3.78. The molecule has 0 aromatic rings. The summed E-state index contributed by atoms with van der Waals surface area (Å²) < 4.78 is 0. The van der Waals surface area contributed by atoms with Gasteiger partial charge in [0.15, 0.2) is 0 Å². The van der Waals surface area contributed by atoms with Gasteiger partial charge in [0.05, 0.1) is 6.04 Å². The van der Waals surface area contributed by atoms with Gasteiger partial charge in [-0.1, -0.05) is 26.7 Å². The first-order valence-corrected chi connectivity index (χ1v) is 4.65. The summed E-state index contributed by atoms with van der Waals surface area (Å²) in [5.74, 6) is -0.252.